The highest BCUT2D eigenvalue weighted by atomic mass is 16.4. The molecule has 0 aliphatic carbocycles. The van der Waals surface area contributed by atoms with Gasteiger partial charge in [0.25, 0.3) is 0 Å². The van der Waals surface area contributed by atoms with E-state index in [2.05, 4.69) is 16.0 Å². The Balaban J connectivity index is 4.83. The minimum Gasteiger partial charge on any atom is -0.480 e. The number of nitrogens with two attached hydrogens (primary N) is 2. The maximum absolute atomic E-state index is 12.4. The minimum absolute atomic E-state index is 0.231. The largest absolute Gasteiger partial charge is 0.480 e. The smallest absolute Gasteiger partial charge is 0.326 e. The fourth-order valence-electron chi connectivity index (χ4n) is 2.24. The summed E-state index contributed by atoms with van der Waals surface area (Å²) in [6, 6.07) is -3.66. The molecule has 27 heavy (non-hydrogen) atoms. The number of aliphatic carboxylic acids is 1. The summed E-state index contributed by atoms with van der Waals surface area (Å²) in [5.74, 6) is -3.03. The molecule has 0 saturated heterocycles. The van der Waals surface area contributed by atoms with Crippen molar-refractivity contribution in [1.29, 1.82) is 0 Å². The second kappa shape index (κ2) is 12.2. The summed E-state index contributed by atoms with van der Waals surface area (Å²) in [4.78, 5) is 47.7. The Bertz CT molecular complexity index is 524. The second-order valence-electron chi connectivity index (χ2n) is 6.93. The number of carboxylic acid groups (broad SMARTS) is 1. The number of rotatable bonds is 12. The number of carbonyl (C=O) groups is 4. The van der Waals surface area contributed by atoms with Gasteiger partial charge in [-0.15, -0.1) is 0 Å². The van der Waals surface area contributed by atoms with Crippen LogP contribution in [0.3, 0.4) is 0 Å². The summed E-state index contributed by atoms with van der Waals surface area (Å²) in [5, 5.41) is 16.6. The van der Waals surface area contributed by atoms with Gasteiger partial charge in [0.1, 0.15) is 18.1 Å². The fourth-order valence-corrected chi connectivity index (χ4v) is 2.24. The molecule has 0 aromatic carbocycles. The van der Waals surface area contributed by atoms with E-state index in [4.69, 9.17) is 11.5 Å². The van der Waals surface area contributed by atoms with Gasteiger partial charge in [-0.3, -0.25) is 14.4 Å². The molecule has 4 unspecified atom stereocenters. The Labute approximate surface area is 159 Å². The van der Waals surface area contributed by atoms with Crippen molar-refractivity contribution in [3.8, 4) is 0 Å². The molecule has 0 radical (unpaired) electrons. The number of hydrogen-bond acceptors (Lipinski definition) is 6. The molecule has 8 N–H and O–H groups in total. The van der Waals surface area contributed by atoms with E-state index in [1.165, 1.54) is 13.8 Å². The molecule has 10 heteroatoms. The van der Waals surface area contributed by atoms with Crippen LogP contribution in [0.5, 0.6) is 0 Å². The summed E-state index contributed by atoms with van der Waals surface area (Å²) < 4.78 is 0. The average Bonchev–Trinajstić information content (AvgIpc) is 2.57. The topological polar surface area (TPSA) is 177 Å². The summed E-state index contributed by atoms with van der Waals surface area (Å²) in [7, 11) is 0. The first-order valence-corrected chi connectivity index (χ1v) is 9.10. The first kappa shape index (κ1) is 24.8. The predicted octanol–water partition coefficient (Wildman–Crippen LogP) is -1.32. The quantitative estimate of drug-likeness (QED) is 0.225. The van der Waals surface area contributed by atoms with E-state index in [-0.39, 0.29) is 12.3 Å². The van der Waals surface area contributed by atoms with Crippen LogP contribution in [0.4, 0.5) is 0 Å². The Hall–Kier alpha value is -2.20. The third-order valence-electron chi connectivity index (χ3n) is 3.97. The molecule has 0 spiro atoms. The Morgan fingerprint density at radius 2 is 1.48 bits per heavy atom. The summed E-state index contributed by atoms with van der Waals surface area (Å²) in [6.45, 7) is 6.87. The molecule has 0 saturated carbocycles. The molecule has 0 heterocycles. The normalized spacial score (nSPS) is 15.4. The maximum atomic E-state index is 12.4. The van der Waals surface area contributed by atoms with E-state index < -0.39 is 47.9 Å². The zero-order valence-corrected chi connectivity index (χ0v) is 16.5. The van der Waals surface area contributed by atoms with Gasteiger partial charge in [0.2, 0.25) is 17.7 Å². The van der Waals surface area contributed by atoms with Gasteiger partial charge < -0.3 is 32.5 Å². The lowest BCUT2D eigenvalue weighted by atomic mass is 10.0. The van der Waals surface area contributed by atoms with Gasteiger partial charge in [0.05, 0.1) is 6.04 Å². The van der Waals surface area contributed by atoms with Crippen molar-refractivity contribution in [3.05, 3.63) is 0 Å². The highest BCUT2D eigenvalue weighted by molar-refractivity contribution is 5.93. The van der Waals surface area contributed by atoms with Crippen LogP contribution in [0.2, 0.25) is 0 Å². The van der Waals surface area contributed by atoms with Gasteiger partial charge in [-0.25, -0.2) is 4.79 Å². The summed E-state index contributed by atoms with van der Waals surface area (Å²) in [5.41, 5.74) is 10.9. The van der Waals surface area contributed by atoms with Crippen molar-refractivity contribution < 1.29 is 24.3 Å². The highest BCUT2D eigenvalue weighted by Gasteiger charge is 2.29. The lowest BCUT2D eigenvalue weighted by Gasteiger charge is -2.25. The first-order valence-electron chi connectivity index (χ1n) is 9.10. The third-order valence-corrected chi connectivity index (χ3v) is 3.97. The number of amides is 3. The average molecular weight is 387 g/mol. The molecule has 4 atom stereocenters. The number of carbonyl (C=O) groups excluding carboxylic acids is 3. The third kappa shape index (κ3) is 9.34. The monoisotopic (exact) mass is 387 g/mol. The molecule has 0 aliphatic rings. The standard InChI is InChI=1S/C17H33N5O5/c1-9(2)13(22-14(23)10(3)19)16(25)20-11(4)15(24)21-12(17(26)27)7-5-6-8-18/h9-13H,5-8,18-19H2,1-4H3,(H,20,25)(H,21,24)(H,22,23)(H,26,27). The van der Waals surface area contributed by atoms with E-state index in [1.807, 2.05) is 0 Å². The Kier molecular flexibility index (Phi) is 11.2. The van der Waals surface area contributed by atoms with Crippen molar-refractivity contribution in [2.45, 2.75) is 71.1 Å². The van der Waals surface area contributed by atoms with Crippen LogP contribution in [0.1, 0.15) is 47.0 Å². The van der Waals surface area contributed by atoms with Crippen LogP contribution in [0, 0.1) is 5.92 Å². The highest BCUT2D eigenvalue weighted by Crippen LogP contribution is 2.04. The molecule has 0 aromatic heterocycles. The Morgan fingerprint density at radius 1 is 0.889 bits per heavy atom. The lowest BCUT2D eigenvalue weighted by molar-refractivity contribution is -0.142. The molecular weight excluding hydrogens is 354 g/mol. The predicted molar refractivity (Wildman–Crippen MR) is 100 cm³/mol. The summed E-state index contributed by atoms with van der Waals surface area (Å²) in [6.07, 6.45) is 1.46. The van der Waals surface area contributed by atoms with Gasteiger partial charge in [-0.1, -0.05) is 13.8 Å². The fraction of sp³-hybridized carbons (Fsp3) is 0.765. The van der Waals surface area contributed by atoms with Crippen molar-refractivity contribution in [3.63, 3.8) is 0 Å². The molecule has 0 aliphatic heterocycles. The van der Waals surface area contributed by atoms with Crippen LogP contribution in [0.25, 0.3) is 0 Å². The van der Waals surface area contributed by atoms with Crippen LogP contribution < -0.4 is 27.4 Å². The molecule has 0 fully saturated rings. The zero-order chi connectivity index (χ0) is 21.1. The maximum Gasteiger partial charge on any atom is 0.326 e. The van der Waals surface area contributed by atoms with Gasteiger partial charge >= 0.3 is 5.97 Å². The molecule has 10 nitrogen and oxygen atoms in total. The van der Waals surface area contributed by atoms with Crippen molar-refractivity contribution in [2.24, 2.45) is 17.4 Å². The van der Waals surface area contributed by atoms with Crippen molar-refractivity contribution >= 4 is 23.7 Å². The van der Waals surface area contributed by atoms with E-state index in [0.717, 1.165) is 0 Å². The molecule has 0 bridgehead atoms. The van der Waals surface area contributed by atoms with E-state index in [0.29, 0.717) is 19.4 Å². The molecule has 0 aromatic rings. The summed E-state index contributed by atoms with van der Waals surface area (Å²) >= 11 is 0. The molecule has 156 valence electrons. The van der Waals surface area contributed by atoms with Gasteiger partial charge in [0, 0.05) is 0 Å². The van der Waals surface area contributed by atoms with Gasteiger partial charge in [-0.05, 0) is 45.6 Å². The number of unbranched alkanes of at least 4 members (excludes halogenated alkanes) is 1. The first-order chi connectivity index (χ1) is 12.5. The molecular formula is C17H33N5O5. The second-order valence-corrected chi connectivity index (χ2v) is 6.93. The lowest BCUT2D eigenvalue weighted by Crippen LogP contribution is -2.57. The van der Waals surface area contributed by atoms with Crippen LogP contribution in [0.15, 0.2) is 0 Å². The SMILES string of the molecule is CC(N)C(=O)NC(C(=O)NC(C)C(=O)NC(CCCCN)C(=O)O)C(C)C. The van der Waals surface area contributed by atoms with E-state index in [9.17, 15) is 24.3 Å². The van der Waals surface area contributed by atoms with Gasteiger partial charge in [-0.2, -0.15) is 0 Å². The van der Waals surface area contributed by atoms with E-state index in [1.54, 1.807) is 13.8 Å². The van der Waals surface area contributed by atoms with E-state index >= 15 is 0 Å². The minimum atomic E-state index is -1.15. The van der Waals surface area contributed by atoms with Crippen LogP contribution in [-0.2, 0) is 19.2 Å². The van der Waals surface area contributed by atoms with Crippen LogP contribution in [-0.4, -0.2) is 59.5 Å². The molecule has 3 amide bonds. The zero-order valence-electron chi connectivity index (χ0n) is 16.5. The van der Waals surface area contributed by atoms with Crippen molar-refractivity contribution in [1.82, 2.24) is 16.0 Å². The van der Waals surface area contributed by atoms with Crippen molar-refractivity contribution in [2.75, 3.05) is 6.54 Å². The van der Waals surface area contributed by atoms with Gasteiger partial charge in [0.15, 0.2) is 0 Å². The number of nitrogens with one attached hydrogen (secondary N) is 3. The Morgan fingerprint density at radius 3 is 1.93 bits per heavy atom. The number of carboxylic acids is 1. The molecule has 0 rings (SSSR count). The number of hydrogen-bond donors (Lipinski definition) is 6. The van der Waals surface area contributed by atoms with Crippen LogP contribution >= 0.6 is 0 Å².